The lowest BCUT2D eigenvalue weighted by Crippen LogP contribution is -1.86. The van der Waals surface area contributed by atoms with Crippen molar-refractivity contribution < 1.29 is 8.83 Å². The molecule has 0 spiro atoms. The predicted octanol–water partition coefficient (Wildman–Crippen LogP) is 7.08. The maximum Gasteiger partial charge on any atom is 0.139 e. The molecule has 0 bridgehead atoms. The Labute approximate surface area is 155 Å². The second-order valence-corrected chi connectivity index (χ2v) is 7.04. The first-order valence-electron chi connectivity index (χ1n) is 9.15. The van der Waals surface area contributed by atoms with Crippen molar-refractivity contribution in [1.29, 1.82) is 0 Å². The van der Waals surface area contributed by atoms with Crippen LogP contribution < -0.4 is 0 Å². The van der Waals surface area contributed by atoms with Crippen LogP contribution in [0.5, 0.6) is 0 Å². The van der Waals surface area contributed by atoms with Crippen molar-refractivity contribution >= 4 is 43.9 Å². The van der Waals surface area contributed by atoms with Crippen molar-refractivity contribution in [3.8, 4) is 0 Å². The summed E-state index contributed by atoms with van der Waals surface area (Å²) >= 11 is 0. The van der Waals surface area contributed by atoms with Crippen LogP contribution in [0, 0.1) is 0 Å². The molecule has 0 saturated carbocycles. The zero-order valence-corrected chi connectivity index (χ0v) is 14.6. The molecular formula is C25H16O2. The van der Waals surface area contributed by atoms with Crippen molar-refractivity contribution in [2.24, 2.45) is 0 Å². The summed E-state index contributed by atoms with van der Waals surface area (Å²) < 4.78 is 12.1. The topological polar surface area (TPSA) is 26.3 Å². The van der Waals surface area contributed by atoms with E-state index >= 15 is 0 Å². The first-order valence-corrected chi connectivity index (χ1v) is 9.15. The zero-order valence-electron chi connectivity index (χ0n) is 14.6. The Hall–Kier alpha value is -3.52. The summed E-state index contributed by atoms with van der Waals surface area (Å²) in [5.41, 5.74) is 6.16. The van der Waals surface area contributed by atoms with Crippen LogP contribution in [-0.2, 0) is 6.42 Å². The molecular weight excluding hydrogens is 332 g/mol. The Balaban J connectivity index is 1.58. The normalized spacial score (nSPS) is 11.9. The van der Waals surface area contributed by atoms with Gasteiger partial charge in [-0.25, -0.2) is 0 Å². The second-order valence-electron chi connectivity index (χ2n) is 7.04. The van der Waals surface area contributed by atoms with Crippen molar-refractivity contribution in [1.82, 2.24) is 0 Å². The highest BCUT2D eigenvalue weighted by Crippen LogP contribution is 2.36. The monoisotopic (exact) mass is 348 g/mol. The van der Waals surface area contributed by atoms with E-state index in [1.807, 2.05) is 24.3 Å². The second kappa shape index (κ2) is 5.49. The number of furan rings is 2. The van der Waals surface area contributed by atoms with E-state index in [1.54, 1.807) is 0 Å². The van der Waals surface area contributed by atoms with Gasteiger partial charge in [0, 0.05) is 27.6 Å². The number of fused-ring (bicyclic) bond motifs is 6. The van der Waals surface area contributed by atoms with Gasteiger partial charge in [0.05, 0.1) is 0 Å². The summed E-state index contributed by atoms with van der Waals surface area (Å²) in [7, 11) is 0. The van der Waals surface area contributed by atoms with Gasteiger partial charge < -0.3 is 8.83 Å². The molecule has 2 heterocycles. The molecule has 0 amide bonds. The number of rotatable bonds is 2. The summed E-state index contributed by atoms with van der Waals surface area (Å²) in [6.07, 6.45) is 0.917. The molecule has 0 radical (unpaired) electrons. The van der Waals surface area contributed by atoms with Crippen molar-refractivity contribution in [3.05, 3.63) is 96.1 Å². The van der Waals surface area contributed by atoms with E-state index in [0.717, 1.165) is 50.3 Å². The van der Waals surface area contributed by atoms with Gasteiger partial charge in [-0.15, -0.1) is 0 Å². The molecule has 0 N–H and O–H groups in total. The molecule has 0 unspecified atom stereocenters. The lowest BCUT2D eigenvalue weighted by molar-refractivity contribution is 0.656. The number of hydrogen-bond acceptors (Lipinski definition) is 2. The molecule has 2 aromatic heterocycles. The van der Waals surface area contributed by atoms with E-state index in [1.165, 1.54) is 11.1 Å². The van der Waals surface area contributed by atoms with Crippen LogP contribution in [0.3, 0.4) is 0 Å². The highest BCUT2D eigenvalue weighted by Gasteiger charge is 2.13. The van der Waals surface area contributed by atoms with Crippen molar-refractivity contribution in [2.45, 2.75) is 6.42 Å². The lowest BCUT2D eigenvalue weighted by Gasteiger charge is -2.02. The van der Waals surface area contributed by atoms with Gasteiger partial charge in [0.15, 0.2) is 0 Å². The molecule has 6 aromatic rings. The first kappa shape index (κ1) is 14.6. The third-order valence-corrected chi connectivity index (χ3v) is 5.28. The molecule has 0 aliphatic carbocycles. The van der Waals surface area contributed by atoms with E-state index in [-0.39, 0.29) is 0 Å². The van der Waals surface area contributed by atoms with Crippen LogP contribution in [0.1, 0.15) is 11.1 Å². The lowest BCUT2D eigenvalue weighted by atomic mass is 10.0. The van der Waals surface area contributed by atoms with Crippen molar-refractivity contribution in [2.75, 3.05) is 0 Å². The largest absolute Gasteiger partial charge is 0.456 e. The van der Waals surface area contributed by atoms with Gasteiger partial charge in [0.25, 0.3) is 0 Å². The maximum atomic E-state index is 6.10. The molecule has 0 atom stereocenters. The minimum absolute atomic E-state index is 0.868. The predicted molar refractivity (Wildman–Crippen MR) is 110 cm³/mol. The molecule has 128 valence electrons. The summed E-state index contributed by atoms with van der Waals surface area (Å²) in [5.74, 6) is 0. The van der Waals surface area contributed by atoms with E-state index in [2.05, 4.69) is 60.7 Å². The van der Waals surface area contributed by atoms with E-state index in [4.69, 9.17) is 8.83 Å². The number of benzene rings is 4. The van der Waals surface area contributed by atoms with Gasteiger partial charge in [-0.3, -0.25) is 0 Å². The van der Waals surface area contributed by atoms with Crippen LogP contribution in [0.15, 0.2) is 93.8 Å². The standard InChI is InChI=1S/C25H16O2/c1-2-6-16(7-3-1)12-17-10-11-23-19(13-17)21-14-20-18-8-4-5-9-22(18)26-24(20)15-25(21)27-23/h1-11,13-15H,12H2. The fraction of sp³-hybridized carbons (Fsp3) is 0.0400. The Morgan fingerprint density at radius 1 is 0.444 bits per heavy atom. The summed E-state index contributed by atoms with van der Waals surface area (Å²) in [4.78, 5) is 0. The molecule has 0 fully saturated rings. The van der Waals surface area contributed by atoms with Crippen LogP contribution in [-0.4, -0.2) is 0 Å². The summed E-state index contributed by atoms with van der Waals surface area (Å²) in [6.45, 7) is 0. The molecule has 6 rings (SSSR count). The van der Waals surface area contributed by atoms with Gasteiger partial charge in [-0.05, 0) is 41.8 Å². The Kier molecular flexibility index (Phi) is 2.97. The van der Waals surface area contributed by atoms with Gasteiger partial charge in [-0.2, -0.15) is 0 Å². The molecule has 2 heteroatoms. The SMILES string of the molecule is c1ccc(Cc2ccc3oc4cc5oc6ccccc6c5cc4c3c2)cc1. The van der Waals surface area contributed by atoms with Crippen LogP contribution in [0.25, 0.3) is 43.9 Å². The highest BCUT2D eigenvalue weighted by molar-refractivity contribution is 6.15. The average Bonchev–Trinajstić information content (AvgIpc) is 3.24. The Bertz CT molecular complexity index is 1440. The first-order chi connectivity index (χ1) is 13.3. The van der Waals surface area contributed by atoms with Gasteiger partial charge in [0.1, 0.15) is 22.3 Å². The third-order valence-electron chi connectivity index (χ3n) is 5.28. The molecule has 4 aromatic carbocycles. The maximum absolute atomic E-state index is 6.10. The quantitative estimate of drug-likeness (QED) is 0.334. The molecule has 0 saturated heterocycles. The van der Waals surface area contributed by atoms with Gasteiger partial charge in [-0.1, -0.05) is 54.6 Å². The van der Waals surface area contributed by atoms with Crippen LogP contribution >= 0.6 is 0 Å². The molecule has 0 aliphatic heterocycles. The van der Waals surface area contributed by atoms with Gasteiger partial charge >= 0.3 is 0 Å². The number of hydrogen-bond donors (Lipinski definition) is 0. The fourth-order valence-electron chi connectivity index (χ4n) is 3.98. The van der Waals surface area contributed by atoms with Crippen molar-refractivity contribution in [3.63, 3.8) is 0 Å². The zero-order chi connectivity index (χ0) is 17.8. The molecule has 2 nitrogen and oxygen atoms in total. The van der Waals surface area contributed by atoms with E-state index in [9.17, 15) is 0 Å². The molecule has 27 heavy (non-hydrogen) atoms. The third kappa shape index (κ3) is 2.27. The average molecular weight is 348 g/mol. The fourth-order valence-corrected chi connectivity index (χ4v) is 3.98. The Morgan fingerprint density at radius 3 is 1.96 bits per heavy atom. The van der Waals surface area contributed by atoms with Crippen LogP contribution in [0.2, 0.25) is 0 Å². The van der Waals surface area contributed by atoms with E-state index < -0.39 is 0 Å². The minimum atomic E-state index is 0.868. The van der Waals surface area contributed by atoms with Crippen LogP contribution in [0.4, 0.5) is 0 Å². The minimum Gasteiger partial charge on any atom is -0.456 e. The van der Waals surface area contributed by atoms with E-state index in [0.29, 0.717) is 0 Å². The summed E-state index contributed by atoms with van der Waals surface area (Å²) in [5, 5.41) is 4.57. The smallest absolute Gasteiger partial charge is 0.139 e. The highest BCUT2D eigenvalue weighted by atomic mass is 16.3. The summed E-state index contributed by atoms with van der Waals surface area (Å²) in [6, 6.07) is 29.4. The van der Waals surface area contributed by atoms with Gasteiger partial charge in [0.2, 0.25) is 0 Å². The number of para-hydroxylation sites is 1. The Morgan fingerprint density at radius 2 is 1.11 bits per heavy atom. The molecule has 0 aliphatic rings.